The summed E-state index contributed by atoms with van der Waals surface area (Å²) < 4.78 is 10.7. The largest absolute Gasteiger partial charge is 0.399 e. The van der Waals surface area contributed by atoms with Crippen molar-refractivity contribution in [3.05, 3.63) is 29.8 Å². The molecule has 0 atom stereocenters. The highest BCUT2D eigenvalue weighted by molar-refractivity contribution is 5.39. The summed E-state index contributed by atoms with van der Waals surface area (Å²) in [5, 5.41) is 0. The van der Waals surface area contributed by atoms with Gasteiger partial charge in [-0.05, 0) is 43.6 Å². The SMILES string of the molecule is COC(OC)C1CCN(Cc2ccc(N)cc2)CC1. The average molecular weight is 264 g/mol. The summed E-state index contributed by atoms with van der Waals surface area (Å²) >= 11 is 0. The molecule has 0 saturated carbocycles. The van der Waals surface area contributed by atoms with Crippen molar-refractivity contribution >= 4 is 5.69 Å². The average Bonchev–Trinajstić information content (AvgIpc) is 2.44. The zero-order valence-electron chi connectivity index (χ0n) is 11.8. The van der Waals surface area contributed by atoms with Gasteiger partial charge in [0.15, 0.2) is 6.29 Å². The lowest BCUT2D eigenvalue weighted by atomic mass is 9.95. The first-order valence-electron chi connectivity index (χ1n) is 6.85. The van der Waals surface area contributed by atoms with E-state index in [-0.39, 0.29) is 6.29 Å². The summed E-state index contributed by atoms with van der Waals surface area (Å²) in [6.45, 7) is 3.19. The van der Waals surface area contributed by atoms with E-state index in [1.165, 1.54) is 5.56 Å². The number of nitrogen functional groups attached to an aromatic ring is 1. The summed E-state index contributed by atoms with van der Waals surface area (Å²) in [5.74, 6) is 0.512. The van der Waals surface area contributed by atoms with Gasteiger partial charge < -0.3 is 15.2 Å². The van der Waals surface area contributed by atoms with E-state index in [9.17, 15) is 0 Å². The van der Waals surface area contributed by atoms with Crippen LogP contribution in [0.15, 0.2) is 24.3 Å². The second kappa shape index (κ2) is 6.89. The number of likely N-dealkylation sites (tertiary alicyclic amines) is 1. The topological polar surface area (TPSA) is 47.7 Å². The number of rotatable bonds is 5. The number of benzene rings is 1. The van der Waals surface area contributed by atoms with Gasteiger partial charge >= 0.3 is 0 Å². The molecule has 0 spiro atoms. The minimum atomic E-state index is -0.0568. The van der Waals surface area contributed by atoms with Crippen LogP contribution in [0.2, 0.25) is 0 Å². The lowest BCUT2D eigenvalue weighted by molar-refractivity contribution is -0.147. The van der Waals surface area contributed by atoms with Gasteiger partial charge in [-0.3, -0.25) is 4.90 Å². The van der Waals surface area contributed by atoms with Crippen LogP contribution in [0.1, 0.15) is 18.4 Å². The van der Waals surface area contributed by atoms with Crippen molar-refractivity contribution in [2.75, 3.05) is 33.0 Å². The molecule has 1 aromatic rings. The predicted molar refractivity (Wildman–Crippen MR) is 76.7 cm³/mol. The fourth-order valence-corrected chi connectivity index (χ4v) is 2.75. The van der Waals surface area contributed by atoms with E-state index in [1.807, 2.05) is 12.1 Å². The fraction of sp³-hybridized carbons (Fsp3) is 0.600. The Hall–Kier alpha value is -1.10. The van der Waals surface area contributed by atoms with Gasteiger partial charge in [0.05, 0.1) is 0 Å². The predicted octanol–water partition coefficient (Wildman–Crippen LogP) is 2.10. The number of ether oxygens (including phenoxy) is 2. The molecule has 2 N–H and O–H groups in total. The lowest BCUT2D eigenvalue weighted by Gasteiger charge is -2.34. The van der Waals surface area contributed by atoms with Gasteiger partial charge in [-0.2, -0.15) is 0 Å². The van der Waals surface area contributed by atoms with Gasteiger partial charge in [-0.15, -0.1) is 0 Å². The third-order valence-corrected chi connectivity index (χ3v) is 3.87. The van der Waals surface area contributed by atoms with Crippen molar-refractivity contribution in [3.63, 3.8) is 0 Å². The van der Waals surface area contributed by atoms with Crippen molar-refractivity contribution in [1.82, 2.24) is 4.90 Å². The van der Waals surface area contributed by atoms with Gasteiger partial charge in [0.1, 0.15) is 0 Å². The fourth-order valence-electron chi connectivity index (χ4n) is 2.75. The first-order chi connectivity index (χ1) is 9.22. The standard InChI is InChI=1S/C15H24N2O2/c1-18-15(19-2)13-7-9-17(10-8-13)11-12-3-5-14(16)6-4-12/h3-6,13,15H,7-11,16H2,1-2H3. The Morgan fingerprint density at radius 2 is 1.74 bits per heavy atom. The maximum atomic E-state index is 5.70. The van der Waals surface area contributed by atoms with Crippen LogP contribution < -0.4 is 5.73 Å². The Morgan fingerprint density at radius 1 is 1.16 bits per heavy atom. The van der Waals surface area contributed by atoms with Crippen LogP contribution >= 0.6 is 0 Å². The van der Waals surface area contributed by atoms with Crippen LogP contribution in [0.3, 0.4) is 0 Å². The molecule has 1 fully saturated rings. The van der Waals surface area contributed by atoms with Crippen molar-refractivity contribution in [1.29, 1.82) is 0 Å². The molecule has 2 rings (SSSR count). The van der Waals surface area contributed by atoms with Crippen molar-refractivity contribution in [2.45, 2.75) is 25.7 Å². The zero-order valence-corrected chi connectivity index (χ0v) is 11.8. The molecular weight excluding hydrogens is 240 g/mol. The van der Waals surface area contributed by atoms with E-state index in [1.54, 1.807) is 14.2 Å². The van der Waals surface area contributed by atoms with Gasteiger partial charge in [0, 0.05) is 32.4 Å². The molecule has 1 aromatic carbocycles. The lowest BCUT2D eigenvalue weighted by Crippen LogP contribution is -2.38. The van der Waals surface area contributed by atoms with E-state index in [2.05, 4.69) is 17.0 Å². The molecule has 0 amide bonds. The van der Waals surface area contributed by atoms with Crippen LogP contribution in [0, 0.1) is 5.92 Å². The normalized spacial score (nSPS) is 18.1. The molecular formula is C15H24N2O2. The summed E-state index contributed by atoms with van der Waals surface area (Å²) in [6, 6.07) is 8.14. The van der Waals surface area contributed by atoms with Crippen LogP contribution in [0.5, 0.6) is 0 Å². The minimum Gasteiger partial charge on any atom is -0.399 e. The zero-order chi connectivity index (χ0) is 13.7. The van der Waals surface area contributed by atoms with Gasteiger partial charge in [-0.1, -0.05) is 12.1 Å². The van der Waals surface area contributed by atoms with E-state index in [4.69, 9.17) is 15.2 Å². The molecule has 1 aliphatic heterocycles. The number of nitrogens with zero attached hydrogens (tertiary/aromatic N) is 1. The molecule has 106 valence electrons. The highest BCUT2D eigenvalue weighted by Gasteiger charge is 2.26. The quantitative estimate of drug-likeness (QED) is 0.653. The molecule has 0 aromatic heterocycles. The number of nitrogens with two attached hydrogens (primary N) is 1. The summed E-state index contributed by atoms with van der Waals surface area (Å²) in [7, 11) is 3.43. The summed E-state index contributed by atoms with van der Waals surface area (Å²) in [5.41, 5.74) is 7.85. The van der Waals surface area contributed by atoms with Gasteiger partial charge in [0.2, 0.25) is 0 Å². The number of hydrogen-bond donors (Lipinski definition) is 1. The number of piperidine rings is 1. The molecule has 0 unspecified atom stereocenters. The number of hydrogen-bond acceptors (Lipinski definition) is 4. The Bertz CT molecular complexity index is 368. The third kappa shape index (κ3) is 3.93. The maximum absolute atomic E-state index is 5.70. The highest BCUT2D eigenvalue weighted by atomic mass is 16.7. The minimum absolute atomic E-state index is 0.0568. The summed E-state index contributed by atoms with van der Waals surface area (Å²) in [6.07, 6.45) is 2.20. The summed E-state index contributed by atoms with van der Waals surface area (Å²) in [4.78, 5) is 2.48. The molecule has 1 heterocycles. The van der Waals surface area contributed by atoms with Crippen LogP contribution in [0.25, 0.3) is 0 Å². The van der Waals surface area contributed by atoms with Crippen molar-refractivity contribution in [3.8, 4) is 0 Å². The van der Waals surface area contributed by atoms with E-state index in [0.29, 0.717) is 5.92 Å². The Morgan fingerprint density at radius 3 is 2.26 bits per heavy atom. The third-order valence-electron chi connectivity index (χ3n) is 3.87. The van der Waals surface area contributed by atoms with Crippen molar-refractivity contribution < 1.29 is 9.47 Å². The Balaban J connectivity index is 1.81. The monoisotopic (exact) mass is 264 g/mol. The maximum Gasteiger partial charge on any atom is 0.159 e. The molecule has 1 aliphatic rings. The second-order valence-electron chi connectivity index (χ2n) is 5.19. The Kier molecular flexibility index (Phi) is 5.19. The highest BCUT2D eigenvalue weighted by Crippen LogP contribution is 2.24. The first-order valence-corrected chi connectivity index (χ1v) is 6.85. The molecule has 19 heavy (non-hydrogen) atoms. The van der Waals surface area contributed by atoms with E-state index >= 15 is 0 Å². The van der Waals surface area contributed by atoms with Crippen LogP contribution in [-0.4, -0.2) is 38.5 Å². The van der Waals surface area contributed by atoms with E-state index < -0.39 is 0 Å². The van der Waals surface area contributed by atoms with Gasteiger partial charge in [0.25, 0.3) is 0 Å². The van der Waals surface area contributed by atoms with Crippen LogP contribution in [-0.2, 0) is 16.0 Å². The smallest absolute Gasteiger partial charge is 0.159 e. The second-order valence-corrected chi connectivity index (χ2v) is 5.19. The van der Waals surface area contributed by atoms with Crippen molar-refractivity contribution in [2.24, 2.45) is 5.92 Å². The molecule has 0 radical (unpaired) electrons. The molecule has 1 saturated heterocycles. The molecule has 0 bridgehead atoms. The molecule has 0 aliphatic carbocycles. The molecule has 4 heteroatoms. The number of anilines is 1. The Labute approximate surface area is 115 Å². The van der Waals surface area contributed by atoms with Gasteiger partial charge in [-0.25, -0.2) is 0 Å². The van der Waals surface area contributed by atoms with Crippen LogP contribution in [0.4, 0.5) is 5.69 Å². The van der Waals surface area contributed by atoms with E-state index in [0.717, 1.165) is 38.2 Å². The number of methoxy groups -OCH3 is 2. The molecule has 4 nitrogen and oxygen atoms in total. The first kappa shape index (κ1) is 14.3.